The van der Waals surface area contributed by atoms with Crippen molar-refractivity contribution in [3.63, 3.8) is 0 Å². The maximum Gasteiger partial charge on any atom is 0.416 e. The molecular formula is C20H15ClF3NO3S. The first-order valence-electron chi connectivity index (χ1n) is 8.83. The van der Waals surface area contributed by atoms with Crippen LogP contribution in [0.1, 0.15) is 35.4 Å². The number of nitrogens with one attached hydrogen (secondary N) is 1. The Morgan fingerprint density at radius 3 is 2.62 bits per heavy atom. The molecule has 0 aromatic heterocycles. The van der Waals surface area contributed by atoms with Crippen LogP contribution in [0.5, 0.6) is 11.5 Å². The fourth-order valence-corrected chi connectivity index (χ4v) is 4.73. The third-order valence-electron chi connectivity index (χ3n) is 4.98. The zero-order chi connectivity index (χ0) is 20.8. The lowest BCUT2D eigenvalue weighted by atomic mass is 9.79. The second-order valence-electron chi connectivity index (χ2n) is 6.85. The minimum Gasteiger partial charge on any atom is -0.456 e. The molecule has 2 atom stereocenters. The number of benzene rings is 2. The van der Waals surface area contributed by atoms with Crippen LogP contribution in [0.3, 0.4) is 0 Å². The van der Waals surface area contributed by atoms with E-state index in [-0.39, 0.29) is 22.6 Å². The largest absolute Gasteiger partial charge is 0.456 e. The van der Waals surface area contributed by atoms with Crippen LogP contribution in [0.15, 0.2) is 47.4 Å². The molecule has 0 fully saturated rings. The second-order valence-corrected chi connectivity index (χ2v) is 8.29. The summed E-state index contributed by atoms with van der Waals surface area (Å²) in [4.78, 5) is 12.0. The molecule has 0 spiro atoms. The maximum absolute atomic E-state index is 12.8. The predicted molar refractivity (Wildman–Crippen MR) is 103 cm³/mol. The summed E-state index contributed by atoms with van der Waals surface area (Å²) in [5, 5.41) is 1.32. The second kappa shape index (κ2) is 7.50. The zero-order valence-corrected chi connectivity index (χ0v) is 16.5. The Kier molecular flexibility index (Phi) is 5.16. The van der Waals surface area contributed by atoms with Gasteiger partial charge in [-0.3, -0.25) is 9.52 Å². The van der Waals surface area contributed by atoms with Gasteiger partial charge in [-0.2, -0.15) is 13.2 Å². The maximum atomic E-state index is 12.8. The van der Waals surface area contributed by atoms with Gasteiger partial charge in [0.2, 0.25) is 0 Å². The van der Waals surface area contributed by atoms with Crippen molar-refractivity contribution in [3.8, 4) is 11.5 Å². The van der Waals surface area contributed by atoms with Crippen LogP contribution in [0, 0.1) is 0 Å². The molecule has 1 heterocycles. The lowest BCUT2D eigenvalue weighted by Crippen LogP contribution is -2.22. The van der Waals surface area contributed by atoms with Crippen molar-refractivity contribution < 1.29 is 26.9 Å². The third-order valence-corrected chi connectivity index (χ3v) is 6.13. The molecule has 152 valence electrons. The number of alkyl halides is 3. The van der Waals surface area contributed by atoms with Gasteiger partial charge in [-0.15, -0.1) is 0 Å². The van der Waals surface area contributed by atoms with Gasteiger partial charge in [0.15, 0.2) is 0 Å². The van der Waals surface area contributed by atoms with E-state index in [0.29, 0.717) is 11.3 Å². The molecule has 2 unspecified atom stereocenters. The highest BCUT2D eigenvalue weighted by atomic mass is 35.5. The Morgan fingerprint density at radius 2 is 1.97 bits per heavy atom. The number of aryl methyl sites for hydroxylation is 1. The summed E-state index contributed by atoms with van der Waals surface area (Å²) in [6, 6.07) is 8.27. The average Bonchev–Trinajstić information content (AvgIpc) is 3.00. The summed E-state index contributed by atoms with van der Waals surface area (Å²) in [5.74, 6) is 0.103. The topological polar surface area (TPSA) is 55.4 Å². The van der Waals surface area contributed by atoms with E-state index < -0.39 is 22.7 Å². The van der Waals surface area contributed by atoms with Crippen LogP contribution in [0.2, 0.25) is 5.02 Å². The highest BCUT2D eigenvalue weighted by Crippen LogP contribution is 2.41. The summed E-state index contributed by atoms with van der Waals surface area (Å²) in [7, 11) is -1.48. The van der Waals surface area contributed by atoms with Crippen LogP contribution in [0.4, 0.5) is 13.2 Å². The Bertz CT molecular complexity index is 1050. The summed E-state index contributed by atoms with van der Waals surface area (Å²) in [6.07, 6.45) is -2.08. The van der Waals surface area contributed by atoms with Gasteiger partial charge < -0.3 is 4.74 Å². The molecule has 2 aromatic rings. The highest BCUT2D eigenvalue weighted by Gasteiger charge is 2.32. The molecule has 1 amide bonds. The standard InChI is InChI=1S/C20H15ClF3NO3S/c21-17-9-12(20(22,23)24)4-7-18(17)28-13-5-6-14-11(8-13)2-1-3-15(14)16-10-29(27)25-19(16)26/h4-10,15H,1-3H2,(H,25,26). The molecule has 9 heteroatoms. The molecular weight excluding hydrogens is 427 g/mol. The molecule has 0 bridgehead atoms. The molecule has 1 aliphatic carbocycles. The first-order chi connectivity index (χ1) is 13.7. The normalized spacial score (nSPS) is 21.4. The van der Waals surface area contributed by atoms with Crippen molar-refractivity contribution >= 4 is 28.5 Å². The van der Waals surface area contributed by atoms with Gasteiger partial charge >= 0.3 is 6.18 Å². The van der Waals surface area contributed by atoms with Gasteiger partial charge in [0.25, 0.3) is 5.91 Å². The van der Waals surface area contributed by atoms with E-state index in [2.05, 4.69) is 4.72 Å². The number of hydrogen-bond donors (Lipinski definition) is 1. The van der Waals surface area contributed by atoms with Crippen LogP contribution < -0.4 is 9.46 Å². The number of amides is 1. The molecule has 0 saturated heterocycles. The Hall–Kier alpha value is -2.32. The lowest BCUT2D eigenvalue weighted by molar-refractivity contribution is -0.137. The van der Waals surface area contributed by atoms with E-state index in [4.69, 9.17) is 16.3 Å². The van der Waals surface area contributed by atoms with Crippen molar-refractivity contribution in [1.82, 2.24) is 4.72 Å². The Balaban J connectivity index is 1.60. The van der Waals surface area contributed by atoms with Gasteiger partial charge in [0.05, 0.1) is 10.6 Å². The SMILES string of the molecule is O=C1NS(=O)C=C1C1CCCc2cc(Oc3ccc(C(F)(F)F)cc3Cl)ccc21. The fraction of sp³-hybridized carbons (Fsp3) is 0.250. The first kappa shape index (κ1) is 20.0. The molecule has 2 aliphatic rings. The van der Waals surface area contributed by atoms with Crippen molar-refractivity contribution in [3.05, 3.63) is 69.1 Å². The summed E-state index contributed by atoms with van der Waals surface area (Å²) < 4.78 is 58.0. The summed E-state index contributed by atoms with van der Waals surface area (Å²) >= 11 is 5.96. The minimum absolute atomic E-state index is 0.125. The van der Waals surface area contributed by atoms with Crippen LogP contribution in [0.25, 0.3) is 0 Å². The van der Waals surface area contributed by atoms with Gasteiger partial charge in [-0.05, 0) is 60.7 Å². The smallest absolute Gasteiger partial charge is 0.416 e. The van der Waals surface area contributed by atoms with Crippen molar-refractivity contribution in [2.75, 3.05) is 0 Å². The van der Waals surface area contributed by atoms with Crippen molar-refractivity contribution in [2.45, 2.75) is 31.4 Å². The molecule has 1 N–H and O–H groups in total. The van der Waals surface area contributed by atoms with Crippen LogP contribution in [-0.4, -0.2) is 10.1 Å². The number of carbonyl (C=O) groups is 1. The fourth-order valence-electron chi connectivity index (χ4n) is 3.65. The highest BCUT2D eigenvalue weighted by molar-refractivity contribution is 7.87. The molecule has 4 nitrogen and oxygen atoms in total. The van der Waals surface area contributed by atoms with E-state index in [1.807, 2.05) is 6.07 Å². The zero-order valence-electron chi connectivity index (χ0n) is 14.9. The quantitative estimate of drug-likeness (QED) is 0.708. The molecule has 2 aromatic carbocycles. The molecule has 1 aliphatic heterocycles. The first-order valence-corrected chi connectivity index (χ1v) is 10.4. The number of carbonyl (C=O) groups excluding carboxylic acids is 1. The number of halogens is 4. The number of fused-ring (bicyclic) bond motifs is 1. The van der Waals surface area contributed by atoms with E-state index >= 15 is 0 Å². The number of ether oxygens (including phenoxy) is 1. The Labute approximate surface area is 172 Å². The predicted octanol–water partition coefficient (Wildman–Crippen LogP) is 5.25. The van der Waals surface area contributed by atoms with Crippen LogP contribution in [-0.2, 0) is 28.4 Å². The number of hydrogen-bond acceptors (Lipinski definition) is 3. The van der Waals surface area contributed by atoms with E-state index in [1.54, 1.807) is 12.1 Å². The molecule has 4 rings (SSSR count). The van der Waals surface area contributed by atoms with E-state index in [9.17, 15) is 22.2 Å². The van der Waals surface area contributed by atoms with Crippen LogP contribution >= 0.6 is 11.6 Å². The van der Waals surface area contributed by atoms with E-state index in [1.165, 1.54) is 11.5 Å². The Morgan fingerprint density at radius 1 is 1.17 bits per heavy atom. The van der Waals surface area contributed by atoms with Gasteiger partial charge in [-0.1, -0.05) is 17.7 Å². The lowest BCUT2D eigenvalue weighted by Gasteiger charge is -2.26. The van der Waals surface area contributed by atoms with Gasteiger partial charge in [0, 0.05) is 16.9 Å². The average molecular weight is 442 g/mol. The monoisotopic (exact) mass is 441 g/mol. The third kappa shape index (κ3) is 4.04. The van der Waals surface area contributed by atoms with E-state index in [0.717, 1.165) is 42.5 Å². The van der Waals surface area contributed by atoms with Gasteiger partial charge in [-0.25, -0.2) is 4.21 Å². The summed E-state index contributed by atoms with van der Waals surface area (Å²) in [6.45, 7) is 0. The van der Waals surface area contributed by atoms with Crippen molar-refractivity contribution in [1.29, 1.82) is 0 Å². The summed E-state index contributed by atoms with van der Waals surface area (Å²) in [5.41, 5.74) is 1.60. The van der Waals surface area contributed by atoms with Gasteiger partial charge in [0.1, 0.15) is 22.5 Å². The molecule has 0 radical (unpaired) electrons. The number of rotatable bonds is 3. The van der Waals surface area contributed by atoms with Crippen molar-refractivity contribution in [2.24, 2.45) is 0 Å². The minimum atomic E-state index is -4.48. The molecule has 29 heavy (non-hydrogen) atoms. The molecule has 0 saturated carbocycles.